The first-order chi connectivity index (χ1) is 6.35. The number of hydrogen-bond acceptors (Lipinski definition) is 3. The van der Waals surface area contributed by atoms with Crippen LogP contribution in [0, 0.1) is 5.41 Å². The van der Waals surface area contributed by atoms with Gasteiger partial charge in [0, 0.05) is 38.7 Å². The van der Waals surface area contributed by atoms with Crippen LogP contribution in [0.5, 0.6) is 0 Å². The summed E-state index contributed by atoms with van der Waals surface area (Å²) < 4.78 is 5.07. The minimum absolute atomic E-state index is 0.631. The smallest absolute Gasteiger partial charge is 0.0589 e. The molecule has 0 bridgehead atoms. The number of nitrogens with one attached hydrogen (secondary N) is 1. The van der Waals surface area contributed by atoms with Crippen LogP contribution in [0.2, 0.25) is 0 Å². The van der Waals surface area contributed by atoms with E-state index in [0.717, 1.165) is 13.2 Å². The SMILES string of the molecule is COCCN1CC2(CCCNC2)C1. The van der Waals surface area contributed by atoms with Gasteiger partial charge in [0.25, 0.3) is 0 Å². The summed E-state index contributed by atoms with van der Waals surface area (Å²) in [6.45, 7) is 7.00. The highest BCUT2D eigenvalue weighted by Gasteiger charge is 2.42. The molecule has 76 valence electrons. The fourth-order valence-corrected chi connectivity index (χ4v) is 2.58. The molecule has 2 fully saturated rings. The van der Waals surface area contributed by atoms with Crippen molar-refractivity contribution in [1.82, 2.24) is 10.2 Å². The molecule has 3 heteroatoms. The van der Waals surface area contributed by atoms with E-state index < -0.39 is 0 Å². The van der Waals surface area contributed by atoms with Crippen molar-refractivity contribution >= 4 is 0 Å². The topological polar surface area (TPSA) is 24.5 Å². The van der Waals surface area contributed by atoms with Crippen molar-refractivity contribution in [2.75, 3.05) is 46.4 Å². The summed E-state index contributed by atoms with van der Waals surface area (Å²) >= 11 is 0. The predicted molar refractivity (Wildman–Crippen MR) is 52.9 cm³/mol. The molecule has 0 atom stereocenters. The minimum atomic E-state index is 0.631. The van der Waals surface area contributed by atoms with Gasteiger partial charge in [0.2, 0.25) is 0 Å². The van der Waals surface area contributed by atoms with Crippen LogP contribution in [0.25, 0.3) is 0 Å². The molecule has 2 saturated heterocycles. The molecule has 0 radical (unpaired) electrons. The van der Waals surface area contributed by atoms with Gasteiger partial charge in [0.05, 0.1) is 6.61 Å². The maximum Gasteiger partial charge on any atom is 0.0589 e. The van der Waals surface area contributed by atoms with E-state index in [2.05, 4.69) is 10.2 Å². The molecule has 1 N–H and O–H groups in total. The molecule has 0 amide bonds. The summed E-state index contributed by atoms with van der Waals surface area (Å²) in [5.74, 6) is 0. The molecule has 0 aromatic heterocycles. The Kier molecular flexibility index (Phi) is 2.86. The summed E-state index contributed by atoms with van der Waals surface area (Å²) in [4.78, 5) is 2.50. The second-order valence-electron chi connectivity index (χ2n) is 4.48. The normalized spacial score (nSPS) is 27.5. The van der Waals surface area contributed by atoms with Crippen molar-refractivity contribution in [2.45, 2.75) is 12.8 Å². The summed E-state index contributed by atoms with van der Waals surface area (Å²) in [7, 11) is 1.78. The summed E-state index contributed by atoms with van der Waals surface area (Å²) in [6.07, 6.45) is 2.78. The highest BCUT2D eigenvalue weighted by molar-refractivity contribution is 4.98. The van der Waals surface area contributed by atoms with Gasteiger partial charge in [-0.15, -0.1) is 0 Å². The average Bonchev–Trinajstić information content (AvgIpc) is 2.13. The van der Waals surface area contributed by atoms with Gasteiger partial charge < -0.3 is 10.1 Å². The van der Waals surface area contributed by atoms with Crippen molar-refractivity contribution < 1.29 is 4.74 Å². The number of likely N-dealkylation sites (tertiary alicyclic amines) is 1. The van der Waals surface area contributed by atoms with E-state index in [1.54, 1.807) is 7.11 Å². The molecular formula is C10H20N2O. The van der Waals surface area contributed by atoms with Gasteiger partial charge in [-0.25, -0.2) is 0 Å². The van der Waals surface area contributed by atoms with Crippen molar-refractivity contribution in [1.29, 1.82) is 0 Å². The quantitative estimate of drug-likeness (QED) is 0.683. The van der Waals surface area contributed by atoms with Crippen LogP contribution in [0.4, 0.5) is 0 Å². The van der Waals surface area contributed by atoms with Crippen molar-refractivity contribution in [3.05, 3.63) is 0 Å². The van der Waals surface area contributed by atoms with Crippen molar-refractivity contribution in [3.63, 3.8) is 0 Å². The first-order valence-electron chi connectivity index (χ1n) is 5.27. The van der Waals surface area contributed by atoms with Crippen LogP contribution in [0.15, 0.2) is 0 Å². The number of methoxy groups -OCH3 is 1. The fraction of sp³-hybridized carbons (Fsp3) is 1.00. The van der Waals surface area contributed by atoms with E-state index in [9.17, 15) is 0 Å². The van der Waals surface area contributed by atoms with Gasteiger partial charge in [-0.05, 0) is 19.4 Å². The highest BCUT2D eigenvalue weighted by atomic mass is 16.5. The second-order valence-corrected chi connectivity index (χ2v) is 4.48. The summed E-state index contributed by atoms with van der Waals surface area (Å²) in [5.41, 5.74) is 0.631. The van der Waals surface area contributed by atoms with Crippen LogP contribution < -0.4 is 5.32 Å². The molecule has 0 aliphatic carbocycles. The van der Waals surface area contributed by atoms with E-state index in [1.165, 1.54) is 39.0 Å². The zero-order chi connectivity index (χ0) is 9.15. The molecule has 0 aromatic rings. The third-order valence-electron chi connectivity index (χ3n) is 3.29. The number of ether oxygens (including phenoxy) is 1. The van der Waals surface area contributed by atoms with Gasteiger partial charge in [-0.1, -0.05) is 0 Å². The van der Waals surface area contributed by atoms with Gasteiger partial charge in [0.15, 0.2) is 0 Å². The third-order valence-corrected chi connectivity index (χ3v) is 3.29. The molecule has 2 heterocycles. The first kappa shape index (κ1) is 9.44. The number of nitrogens with zero attached hydrogens (tertiary/aromatic N) is 1. The lowest BCUT2D eigenvalue weighted by atomic mass is 9.74. The standard InChI is InChI=1S/C10H20N2O/c1-13-6-5-12-8-10(9-12)3-2-4-11-7-10/h11H,2-9H2,1H3. The minimum Gasteiger partial charge on any atom is -0.383 e. The Morgan fingerprint density at radius 1 is 1.46 bits per heavy atom. The van der Waals surface area contributed by atoms with Crippen LogP contribution in [-0.2, 0) is 4.74 Å². The molecule has 1 spiro atoms. The van der Waals surface area contributed by atoms with Crippen LogP contribution in [0.1, 0.15) is 12.8 Å². The molecule has 0 saturated carbocycles. The largest absolute Gasteiger partial charge is 0.383 e. The third kappa shape index (κ3) is 2.03. The first-order valence-corrected chi connectivity index (χ1v) is 5.27. The summed E-state index contributed by atoms with van der Waals surface area (Å²) in [5, 5.41) is 3.50. The molecule has 2 aliphatic rings. The number of piperidine rings is 1. The molecule has 3 nitrogen and oxygen atoms in total. The maximum absolute atomic E-state index is 5.07. The Hall–Kier alpha value is -0.120. The van der Waals surface area contributed by atoms with Crippen LogP contribution in [-0.4, -0.2) is 51.3 Å². The van der Waals surface area contributed by atoms with Crippen molar-refractivity contribution in [3.8, 4) is 0 Å². The zero-order valence-corrected chi connectivity index (χ0v) is 8.51. The van der Waals surface area contributed by atoms with E-state index >= 15 is 0 Å². The molecule has 13 heavy (non-hydrogen) atoms. The Morgan fingerprint density at radius 2 is 2.31 bits per heavy atom. The number of rotatable bonds is 3. The average molecular weight is 184 g/mol. The Labute approximate surface area is 80.4 Å². The molecule has 0 unspecified atom stereocenters. The van der Waals surface area contributed by atoms with Gasteiger partial charge in [-0.2, -0.15) is 0 Å². The van der Waals surface area contributed by atoms with Crippen LogP contribution >= 0.6 is 0 Å². The van der Waals surface area contributed by atoms with E-state index in [0.29, 0.717) is 5.41 Å². The van der Waals surface area contributed by atoms with Crippen molar-refractivity contribution in [2.24, 2.45) is 5.41 Å². The predicted octanol–water partition coefficient (Wildman–Crippen LogP) is 0.318. The lowest BCUT2D eigenvalue weighted by Crippen LogP contribution is -2.62. The second kappa shape index (κ2) is 3.95. The molecule has 2 aliphatic heterocycles. The molecular weight excluding hydrogens is 164 g/mol. The number of hydrogen-bond donors (Lipinski definition) is 1. The van der Waals surface area contributed by atoms with Gasteiger partial charge in [0.1, 0.15) is 0 Å². The fourth-order valence-electron chi connectivity index (χ4n) is 2.58. The molecule has 0 aromatic carbocycles. The van der Waals surface area contributed by atoms with Gasteiger partial charge >= 0.3 is 0 Å². The zero-order valence-electron chi connectivity index (χ0n) is 8.51. The monoisotopic (exact) mass is 184 g/mol. The lowest BCUT2D eigenvalue weighted by molar-refractivity contribution is -0.0287. The molecule has 2 rings (SSSR count). The van der Waals surface area contributed by atoms with E-state index in [4.69, 9.17) is 4.74 Å². The Balaban J connectivity index is 1.69. The summed E-state index contributed by atoms with van der Waals surface area (Å²) in [6, 6.07) is 0. The highest BCUT2D eigenvalue weighted by Crippen LogP contribution is 2.35. The van der Waals surface area contributed by atoms with Crippen LogP contribution in [0.3, 0.4) is 0 Å². The Bertz CT molecular complexity index is 158. The van der Waals surface area contributed by atoms with E-state index in [1.807, 2.05) is 0 Å². The lowest BCUT2D eigenvalue weighted by Gasteiger charge is -2.52. The van der Waals surface area contributed by atoms with E-state index in [-0.39, 0.29) is 0 Å². The van der Waals surface area contributed by atoms with Gasteiger partial charge in [-0.3, -0.25) is 4.90 Å². The maximum atomic E-state index is 5.07. The Morgan fingerprint density at radius 3 is 2.92 bits per heavy atom.